The summed E-state index contributed by atoms with van der Waals surface area (Å²) in [7, 11) is 0. The monoisotopic (exact) mass is 296 g/mol. The van der Waals surface area contributed by atoms with Crippen molar-refractivity contribution in [3.05, 3.63) is 23.2 Å². The lowest BCUT2D eigenvalue weighted by atomic mass is 10.1. The van der Waals surface area contributed by atoms with Crippen molar-refractivity contribution >= 4 is 12.0 Å². The Labute approximate surface area is 122 Å². The summed E-state index contributed by atoms with van der Waals surface area (Å²) in [5.41, 5.74) is 0.111. The third-order valence-corrected chi connectivity index (χ3v) is 3.50. The minimum absolute atomic E-state index is 0.0558. The van der Waals surface area contributed by atoms with Crippen LogP contribution in [0.4, 0.5) is 4.79 Å². The van der Waals surface area contributed by atoms with Crippen molar-refractivity contribution in [3.8, 4) is 0 Å². The van der Waals surface area contributed by atoms with Crippen molar-refractivity contribution in [1.82, 2.24) is 10.6 Å². The van der Waals surface area contributed by atoms with Gasteiger partial charge in [0.15, 0.2) is 0 Å². The lowest BCUT2D eigenvalue weighted by Crippen LogP contribution is -2.45. The molecule has 1 aromatic rings. The second-order valence-corrected chi connectivity index (χ2v) is 5.15. The highest BCUT2D eigenvalue weighted by molar-refractivity contribution is 5.88. The zero-order valence-corrected chi connectivity index (χ0v) is 12.1. The standard InChI is InChI=1S/C14H20N2O5/c1-8(12-4-3-5-20-12)16-14(19)15-7-10-6-11(13(17)18)9(2)21-10/h6,8,12H,3-5,7H2,1-2H3,(H,17,18)(H2,15,16,19). The van der Waals surface area contributed by atoms with E-state index < -0.39 is 5.97 Å². The Morgan fingerprint density at radius 3 is 2.86 bits per heavy atom. The molecule has 1 aliphatic heterocycles. The van der Waals surface area contributed by atoms with Gasteiger partial charge in [-0.2, -0.15) is 0 Å². The van der Waals surface area contributed by atoms with Crippen molar-refractivity contribution in [2.24, 2.45) is 0 Å². The normalized spacial score (nSPS) is 19.2. The van der Waals surface area contributed by atoms with E-state index in [0.717, 1.165) is 19.4 Å². The molecule has 2 heterocycles. The van der Waals surface area contributed by atoms with Gasteiger partial charge < -0.3 is 24.9 Å². The predicted molar refractivity (Wildman–Crippen MR) is 74.2 cm³/mol. The second kappa shape index (κ2) is 6.62. The Balaban J connectivity index is 1.80. The van der Waals surface area contributed by atoms with Crippen molar-refractivity contribution in [2.45, 2.75) is 45.4 Å². The Hall–Kier alpha value is -2.02. The molecule has 116 valence electrons. The van der Waals surface area contributed by atoms with Crippen LogP contribution in [0.5, 0.6) is 0 Å². The van der Waals surface area contributed by atoms with Crippen LogP contribution >= 0.6 is 0 Å². The number of hydrogen-bond donors (Lipinski definition) is 3. The minimum Gasteiger partial charge on any atom is -0.478 e. The molecule has 2 rings (SSSR count). The number of carboxylic acid groups (broad SMARTS) is 1. The first kappa shape index (κ1) is 15.4. The van der Waals surface area contributed by atoms with E-state index in [2.05, 4.69) is 10.6 Å². The molecular weight excluding hydrogens is 276 g/mol. The Kier molecular flexibility index (Phi) is 4.85. The molecule has 0 aliphatic carbocycles. The van der Waals surface area contributed by atoms with Crippen LogP contribution in [0.25, 0.3) is 0 Å². The molecule has 21 heavy (non-hydrogen) atoms. The molecular formula is C14H20N2O5. The van der Waals surface area contributed by atoms with Gasteiger partial charge in [0.1, 0.15) is 17.1 Å². The smallest absolute Gasteiger partial charge is 0.339 e. The third kappa shape index (κ3) is 3.98. The molecule has 1 aromatic heterocycles. The van der Waals surface area contributed by atoms with Crippen LogP contribution in [0.1, 0.15) is 41.6 Å². The van der Waals surface area contributed by atoms with Gasteiger partial charge in [0, 0.05) is 6.61 Å². The lowest BCUT2D eigenvalue weighted by Gasteiger charge is -2.20. The molecule has 0 saturated carbocycles. The molecule has 0 bridgehead atoms. The average Bonchev–Trinajstić information content (AvgIpc) is 3.05. The summed E-state index contributed by atoms with van der Waals surface area (Å²) in [5, 5.41) is 14.4. The second-order valence-electron chi connectivity index (χ2n) is 5.15. The quantitative estimate of drug-likeness (QED) is 0.767. The number of ether oxygens (including phenoxy) is 1. The van der Waals surface area contributed by atoms with Gasteiger partial charge in [-0.15, -0.1) is 0 Å². The number of nitrogens with one attached hydrogen (secondary N) is 2. The van der Waals surface area contributed by atoms with Crippen LogP contribution < -0.4 is 10.6 Å². The fourth-order valence-corrected chi connectivity index (χ4v) is 2.36. The highest BCUT2D eigenvalue weighted by atomic mass is 16.5. The van der Waals surface area contributed by atoms with Crippen molar-refractivity contribution in [2.75, 3.05) is 6.61 Å². The number of carbonyl (C=O) groups excluding carboxylic acids is 1. The molecule has 0 radical (unpaired) electrons. The molecule has 0 aromatic carbocycles. The highest BCUT2D eigenvalue weighted by Crippen LogP contribution is 2.16. The summed E-state index contributed by atoms with van der Waals surface area (Å²) in [4.78, 5) is 22.7. The molecule has 2 unspecified atom stereocenters. The maximum absolute atomic E-state index is 11.8. The SMILES string of the molecule is Cc1oc(CNC(=O)NC(C)C2CCCO2)cc1C(=O)O. The first-order chi connectivity index (χ1) is 9.97. The maximum atomic E-state index is 11.8. The molecule has 3 N–H and O–H groups in total. The number of urea groups is 1. The molecule has 2 atom stereocenters. The van der Waals surface area contributed by atoms with E-state index in [0.29, 0.717) is 11.5 Å². The van der Waals surface area contributed by atoms with Gasteiger partial charge in [0.2, 0.25) is 0 Å². The van der Waals surface area contributed by atoms with Crippen LogP contribution in [-0.4, -0.2) is 35.9 Å². The number of aromatic carboxylic acids is 1. The van der Waals surface area contributed by atoms with Crippen LogP contribution in [-0.2, 0) is 11.3 Å². The maximum Gasteiger partial charge on any atom is 0.339 e. The van der Waals surface area contributed by atoms with Crippen LogP contribution in [0.3, 0.4) is 0 Å². The average molecular weight is 296 g/mol. The summed E-state index contributed by atoms with van der Waals surface area (Å²) in [6.45, 7) is 4.35. The van der Waals surface area contributed by atoms with Gasteiger partial charge in [-0.3, -0.25) is 0 Å². The number of rotatable bonds is 5. The fourth-order valence-electron chi connectivity index (χ4n) is 2.36. The van der Waals surface area contributed by atoms with Gasteiger partial charge in [-0.25, -0.2) is 9.59 Å². The largest absolute Gasteiger partial charge is 0.478 e. The molecule has 1 fully saturated rings. The van der Waals surface area contributed by atoms with E-state index in [-0.39, 0.29) is 30.3 Å². The van der Waals surface area contributed by atoms with Gasteiger partial charge in [-0.05, 0) is 32.8 Å². The first-order valence-corrected chi connectivity index (χ1v) is 6.96. The molecule has 0 spiro atoms. The van der Waals surface area contributed by atoms with Gasteiger partial charge >= 0.3 is 12.0 Å². The first-order valence-electron chi connectivity index (χ1n) is 6.96. The predicted octanol–water partition coefficient (Wildman–Crippen LogP) is 1.65. The topological polar surface area (TPSA) is 101 Å². The van der Waals surface area contributed by atoms with E-state index in [4.69, 9.17) is 14.3 Å². The number of carboxylic acids is 1. The van der Waals surface area contributed by atoms with Gasteiger partial charge in [0.05, 0.1) is 18.7 Å². The number of amides is 2. The van der Waals surface area contributed by atoms with Crippen LogP contribution in [0.2, 0.25) is 0 Å². The van der Waals surface area contributed by atoms with Crippen LogP contribution in [0.15, 0.2) is 10.5 Å². The number of aryl methyl sites for hydroxylation is 1. The lowest BCUT2D eigenvalue weighted by molar-refractivity contribution is 0.0695. The highest BCUT2D eigenvalue weighted by Gasteiger charge is 2.23. The van der Waals surface area contributed by atoms with Gasteiger partial charge in [0.25, 0.3) is 0 Å². The number of carbonyl (C=O) groups is 2. The molecule has 7 heteroatoms. The summed E-state index contributed by atoms with van der Waals surface area (Å²) in [6.07, 6.45) is 2.02. The fraction of sp³-hybridized carbons (Fsp3) is 0.571. The molecule has 7 nitrogen and oxygen atoms in total. The zero-order valence-electron chi connectivity index (χ0n) is 12.1. The molecule has 1 saturated heterocycles. The van der Waals surface area contributed by atoms with E-state index in [1.807, 2.05) is 6.92 Å². The van der Waals surface area contributed by atoms with Crippen molar-refractivity contribution < 1.29 is 23.8 Å². The number of furan rings is 1. The Morgan fingerprint density at radius 2 is 2.29 bits per heavy atom. The zero-order chi connectivity index (χ0) is 15.4. The Morgan fingerprint density at radius 1 is 1.52 bits per heavy atom. The Bertz CT molecular complexity index is 519. The summed E-state index contributed by atoms with van der Waals surface area (Å²) < 4.78 is 10.8. The van der Waals surface area contributed by atoms with E-state index in [9.17, 15) is 9.59 Å². The minimum atomic E-state index is -1.04. The van der Waals surface area contributed by atoms with Crippen molar-refractivity contribution in [1.29, 1.82) is 0 Å². The number of hydrogen-bond acceptors (Lipinski definition) is 4. The third-order valence-electron chi connectivity index (χ3n) is 3.50. The van der Waals surface area contributed by atoms with E-state index in [1.165, 1.54) is 6.07 Å². The van der Waals surface area contributed by atoms with E-state index in [1.54, 1.807) is 6.92 Å². The molecule has 1 aliphatic rings. The van der Waals surface area contributed by atoms with Crippen LogP contribution in [0, 0.1) is 6.92 Å². The van der Waals surface area contributed by atoms with Crippen molar-refractivity contribution in [3.63, 3.8) is 0 Å². The summed E-state index contributed by atoms with van der Waals surface area (Å²) in [6, 6.07) is 1.02. The van der Waals surface area contributed by atoms with E-state index >= 15 is 0 Å². The molecule has 2 amide bonds. The summed E-state index contributed by atoms with van der Waals surface area (Å²) in [5.74, 6) is -0.309. The summed E-state index contributed by atoms with van der Waals surface area (Å²) >= 11 is 0. The van der Waals surface area contributed by atoms with Gasteiger partial charge in [-0.1, -0.05) is 0 Å².